The number of halogens is 2. The predicted octanol–water partition coefficient (Wildman–Crippen LogP) is 4.31. The Balaban J connectivity index is 1.51. The topological polar surface area (TPSA) is 56.6 Å². The molecule has 1 aromatic heterocycles. The molecule has 1 aliphatic rings. The normalized spacial score (nSPS) is 15.5. The van der Waals surface area contributed by atoms with Crippen molar-refractivity contribution in [2.75, 3.05) is 13.1 Å². The summed E-state index contributed by atoms with van der Waals surface area (Å²) in [6.07, 6.45) is 3.03. The molecule has 0 bridgehead atoms. The second-order valence-electron chi connectivity index (χ2n) is 7.86. The maximum atomic E-state index is 13.7. The number of piperidine rings is 1. The van der Waals surface area contributed by atoms with Gasteiger partial charge in [0, 0.05) is 37.0 Å². The number of nitrogens with zero attached hydrogens (tertiary/aromatic N) is 3. The predicted molar refractivity (Wildman–Crippen MR) is 99.0 cm³/mol. The Morgan fingerprint density at radius 3 is 2.57 bits per heavy atom. The first-order chi connectivity index (χ1) is 13.2. The number of likely N-dealkylation sites (tertiary alicyclic amines) is 1. The van der Waals surface area contributed by atoms with Crippen LogP contribution in [0.1, 0.15) is 45.2 Å². The summed E-state index contributed by atoms with van der Waals surface area (Å²) in [5, 5.41) is 4.39. The summed E-state index contributed by atoms with van der Waals surface area (Å²) in [7, 11) is 0. The highest BCUT2D eigenvalue weighted by Gasteiger charge is 2.27. The Morgan fingerprint density at radius 1 is 1.21 bits per heavy atom. The minimum atomic E-state index is -0.644. The standard InChI is InChI=1S/C20H25F2N3O3/c1-20(2,3)28-19(26)24-9-6-16(7-10-24)25-11-8-18(23-25)27-13-14-4-5-15(21)12-17(14)22/h4-5,8,11-12,16H,6-7,9-10,13H2,1-3H3. The molecule has 2 heterocycles. The van der Waals surface area contributed by atoms with Crippen molar-refractivity contribution in [3.8, 4) is 5.88 Å². The zero-order chi connectivity index (χ0) is 20.3. The lowest BCUT2D eigenvalue weighted by Gasteiger charge is -2.33. The summed E-state index contributed by atoms with van der Waals surface area (Å²) >= 11 is 0. The van der Waals surface area contributed by atoms with Crippen molar-refractivity contribution < 1.29 is 23.0 Å². The maximum Gasteiger partial charge on any atom is 0.410 e. The molecule has 1 fully saturated rings. The van der Waals surface area contributed by atoms with Crippen LogP contribution in [0.4, 0.5) is 13.6 Å². The van der Waals surface area contributed by atoms with Crippen LogP contribution in [-0.2, 0) is 11.3 Å². The molecule has 0 N–H and O–H groups in total. The van der Waals surface area contributed by atoms with Gasteiger partial charge in [0.2, 0.25) is 5.88 Å². The molecule has 2 aromatic rings. The molecule has 0 spiro atoms. The molecule has 0 radical (unpaired) electrons. The molecule has 0 unspecified atom stereocenters. The first kappa shape index (κ1) is 20.1. The monoisotopic (exact) mass is 393 g/mol. The molecule has 6 nitrogen and oxygen atoms in total. The summed E-state index contributed by atoms with van der Waals surface area (Å²) in [4.78, 5) is 13.8. The fraction of sp³-hybridized carbons (Fsp3) is 0.500. The Hall–Kier alpha value is -2.64. The molecule has 0 aliphatic carbocycles. The van der Waals surface area contributed by atoms with E-state index in [2.05, 4.69) is 5.10 Å². The summed E-state index contributed by atoms with van der Waals surface area (Å²) in [5.41, 5.74) is -0.242. The van der Waals surface area contributed by atoms with Gasteiger partial charge in [-0.1, -0.05) is 0 Å². The Morgan fingerprint density at radius 2 is 1.93 bits per heavy atom. The van der Waals surface area contributed by atoms with Gasteiger partial charge >= 0.3 is 6.09 Å². The van der Waals surface area contributed by atoms with Crippen molar-refractivity contribution >= 4 is 6.09 Å². The fourth-order valence-electron chi connectivity index (χ4n) is 3.03. The minimum absolute atomic E-state index is 0.0276. The van der Waals surface area contributed by atoms with Gasteiger partial charge in [0.05, 0.1) is 6.04 Å². The minimum Gasteiger partial charge on any atom is -0.472 e. The van der Waals surface area contributed by atoms with E-state index in [9.17, 15) is 13.6 Å². The van der Waals surface area contributed by atoms with Gasteiger partial charge in [0.15, 0.2) is 0 Å². The number of aromatic nitrogens is 2. The molecule has 28 heavy (non-hydrogen) atoms. The molecule has 0 atom stereocenters. The van der Waals surface area contributed by atoms with E-state index in [0.29, 0.717) is 19.0 Å². The van der Waals surface area contributed by atoms with Gasteiger partial charge in [-0.2, -0.15) is 0 Å². The molecule has 1 saturated heterocycles. The van der Waals surface area contributed by atoms with Gasteiger partial charge in [0.25, 0.3) is 0 Å². The summed E-state index contributed by atoms with van der Waals surface area (Å²) in [6, 6.07) is 5.24. The molecule has 3 rings (SSSR count). The molecule has 8 heteroatoms. The smallest absolute Gasteiger partial charge is 0.410 e. The largest absolute Gasteiger partial charge is 0.472 e. The van der Waals surface area contributed by atoms with Crippen LogP contribution in [0, 0.1) is 11.6 Å². The van der Waals surface area contributed by atoms with E-state index in [1.54, 1.807) is 11.0 Å². The van der Waals surface area contributed by atoms with Crippen molar-refractivity contribution in [2.24, 2.45) is 0 Å². The van der Waals surface area contributed by atoms with Crippen LogP contribution in [0.2, 0.25) is 0 Å². The highest BCUT2D eigenvalue weighted by molar-refractivity contribution is 5.68. The lowest BCUT2D eigenvalue weighted by atomic mass is 10.1. The SMILES string of the molecule is CC(C)(C)OC(=O)N1CCC(n2ccc(OCc3ccc(F)cc3F)n2)CC1. The van der Waals surface area contributed by atoms with Gasteiger partial charge in [0.1, 0.15) is 23.8 Å². The Labute approximate surface area is 163 Å². The Bertz CT molecular complexity index is 824. The molecular formula is C20H25F2N3O3. The van der Waals surface area contributed by atoms with Crippen LogP contribution >= 0.6 is 0 Å². The number of hydrogen-bond donors (Lipinski definition) is 0. The Kier molecular flexibility index (Phi) is 5.86. The average Bonchev–Trinajstić information content (AvgIpc) is 3.09. The number of carbonyl (C=O) groups is 1. The van der Waals surface area contributed by atoms with Gasteiger partial charge < -0.3 is 14.4 Å². The number of amides is 1. The second-order valence-corrected chi connectivity index (χ2v) is 7.86. The highest BCUT2D eigenvalue weighted by Crippen LogP contribution is 2.25. The summed E-state index contributed by atoms with van der Waals surface area (Å²) in [5.74, 6) is -0.893. The van der Waals surface area contributed by atoms with E-state index in [4.69, 9.17) is 9.47 Å². The van der Waals surface area contributed by atoms with Crippen LogP contribution in [-0.4, -0.2) is 39.5 Å². The third-order valence-corrected chi connectivity index (χ3v) is 4.46. The van der Waals surface area contributed by atoms with E-state index in [1.165, 1.54) is 12.1 Å². The quantitative estimate of drug-likeness (QED) is 0.777. The van der Waals surface area contributed by atoms with Gasteiger partial charge in [-0.15, -0.1) is 5.10 Å². The molecule has 0 saturated carbocycles. The number of benzene rings is 1. The third-order valence-electron chi connectivity index (χ3n) is 4.46. The zero-order valence-corrected chi connectivity index (χ0v) is 16.3. The van der Waals surface area contributed by atoms with Crippen LogP contribution in [0.15, 0.2) is 30.5 Å². The van der Waals surface area contributed by atoms with E-state index in [-0.39, 0.29) is 24.3 Å². The first-order valence-electron chi connectivity index (χ1n) is 9.31. The van der Waals surface area contributed by atoms with Crippen LogP contribution in [0.5, 0.6) is 5.88 Å². The molecular weight excluding hydrogens is 368 g/mol. The van der Waals surface area contributed by atoms with Gasteiger partial charge in [-0.25, -0.2) is 13.6 Å². The van der Waals surface area contributed by atoms with Crippen molar-refractivity contribution in [3.63, 3.8) is 0 Å². The number of carbonyl (C=O) groups excluding carboxylic acids is 1. The van der Waals surface area contributed by atoms with E-state index >= 15 is 0 Å². The van der Waals surface area contributed by atoms with Gasteiger partial charge in [-0.3, -0.25) is 4.68 Å². The van der Waals surface area contributed by atoms with Crippen molar-refractivity contribution in [1.82, 2.24) is 14.7 Å². The summed E-state index contributed by atoms with van der Waals surface area (Å²) in [6.45, 7) is 6.70. The average molecular weight is 393 g/mol. The molecule has 152 valence electrons. The lowest BCUT2D eigenvalue weighted by Crippen LogP contribution is -2.42. The number of hydrogen-bond acceptors (Lipinski definition) is 4. The van der Waals surface area contributed by atoms with Crippen LogP contribution in [0.3, 0.4) is 0 Å². The second kappa shape index (κ2) is 8.16. The summed E-state index contributed by atoms with van der Waals surface area (Å²) < 4.78 is 39.3. The zero-order valence-electron chi connectivity index (χ0n) is 16.3. The van der Waals surface area contributed by atoms with Gasteiger partial charge in [-0.05, 0) is 45.7 Å². The van der Waals surface area contributed by atoms with Crippen molar-refractivity contribution in [2.45, 2.75) is 51.9 Å². The molecule has 1 aromatic carbocycles. The highest BCUT2D eigenvalue weighted by atomic mass is 19.1. The lowest BCUT2D eigenvalue weighted by molar-refractivity contribution is 0.0184. The third kappa shape index (κ3) is 5.21. The van der Waals surface area contributed by atoms with E-state index in [0.717, 1.165) is 18.9 Å². The van der Waals surface area contributed by atoms with Crippen LogP contribution in [0.25, 0.3) is 0 Å². The molecule has 1 aliphatic heterocycles. The van der Waals surface area contributed by atoms with Crippen molar-refractivity contribution in [3.05, 3.63) is 47.7 Å². The molecule has 1 amide bonds. The number of ether oxygens (including phenoxy) is 2. The van der Waals surface area contributed by atoms with Crippen molar-refractivity contribution in [1.29, 1.82) is 0 Å². The maximum absolute atomic E-state index is 13.7. The van der Waals surface area contributed by atoms with E-state index in [1.807, 2.05) is 31.6 Å². The fourth-order valence-corrected chi connectivity index (χ4v) is 3.03. The number of rotatable bonds is 4. The first-order valence-corrected chi connectivity index (χ1v) is 9.31. The van der Waals surface area contributed by atoms with E-state index < -0.39 is 17.2 Å². The van der Waals surface area contributed by atoms with Crippen LogP contribution < -0.4 is 4.74 Å².